The number of benzene rings is 2. The Kier molecular flexibility index (Phi) is 5.34. The average Bonchev–Trinajstić information content (AvgIpc) is 2.94. The van der Waals surface area contributed by atoms with E-state index in [1.165, 1.54) is 18.6 Å². The monoisotopic (exact) mass is 479 g/mol. The van der Waals surface area contributed by atoms with E-state index in [9.17, 15) is 21.6 Å². The summed E-state index contributed by atoms with van der Waals surface area (Å²) in [5.41, 5.74) is -0.776. The molecule has 0 amide bonds. The molecule has 2 aromatic carbocycles. The second kappa shape index (κ2) is 7.97. The molecule has 0 N–H and O–H groups in total. The molecule has 0 unspecified atom stereocenters. The Bertz CT molecular complexity index is 1320. The van der Waals surface area contributed by atoms with Crippen molar-refractivity contribution in [3.8, 4) is 22.8 Å². The van der Waals surface area contributed by atoms with Gasteiger partial charge in [-0.15, -0.1) is 0 Å². The molecule has 5 nitrogen and oxygen atoms in total. The molecule has 0 bridgehead atoms. The Hall–Kier alpha value is -2.68. The van der Waals surface area contributed by atoms with Gasteiger partial charge in [0.1, 0.15) is 6.61 Å². The van der Waals surface area contributed by atoms with Crippen molar-refractivity contribution < 1.29 is 30.5 Å². The number of hydrogen-bond acceptors (Lipinski definition) is 4. The summed E-state index contributed by atoms with van der Waals surface area (Å²) >= 11 is 0. The molecule has 176 valence electrons. The summed E-state index contributed by atoms with van der Waals surface area (Å²) in [4.78, 5) is 0. The molecule has 3 aromatic rings. The third-order valence-corrected chi connectivity index (χ3v) is 7.52. The molecule has 2 heterocycles. The first-order valence-corrected chi connectivity index (χ1v) is 12.5. The molecule has 2 aliphatic rings. The zero-order chi connectivity index (χ0) is 23.4. The van der Waals surface area contributed by atoms with Gasteiger partial charge in [0, 0.05) is 16.5 Å². The van der Waals surface area contributed by atoms with Gasteiger partial charge < -0.3 is 13.5 Å². The number of nitrogens with zero attached hydrogens (tertiary/aromatic N) is 1. The van der Waals surface area contributed by atoms with Crippen molar-refractivity contribution in [2.45, 2.75) is 57.0 Å². The number of halogens is 3. The van der Waals surface area contributed by atoms with Crippen LogP contribution in [0.4, 0.5) is 13.2 Å². The van der Waals surface area contributed by atoms with Crippen LogP contribution in [0.2, 0.25) is 0 Å². The van der Waals surface area contributed by atoms with Crippen molar-refractivity contribution in [2.24, 2.45) is 0 Å². The Labute approximate surface area is 190 Å². The zero-order valence-electron chi connectivity index (χ0n) is 18.1. The van der Waals surface area contributed by atoms with Gasteiger partial charge in [0.2, 0.25) is 0 Å². The van der Waals surface area contributed by atoms with Crippen LogP contribution in [-0.4, -0.2) is 25.1 Å². The maximum absolute atomic E-state index is 13.0. The topological polar surface area (TPSA) is 57.5 Å². The first-order valence-electron chi connectivity index (χ1n) is 11.1. The van der Waals surface area contributed by atoms with E-state index in [1.807, 2.05) is 6.92 Å². The van der Waals surface area contributed by atoms with E-state index >= 15 is 0 Å². The van der Waals surface area contributed by atoms with Crippen LogP contribution in [0, 0.1) is 6.92 Å². The lowest BCUT2D eigenvalue weighted by Crippen LogP contribution is -2.28. The number of hydrogen-bond donors (Lipinski definition) is 0. The lowest BCUT2D eigenvalue weighted by atomic mass is 9.81. The van der Waals surface area contributed by atoms with Gasteiger partial charge in [0.25, 0.3) is 0 Å². The lowest BCUT2D eigenvalue weighted by molar-refractivity contribution is -0.0500. The van der Waals surface area contributed by atoms with E-state index in [2.05, 4.69) is 26.9 Å². The Morgan fingerprint density at radius 1 is 1.09 bits per heavy atom. The van der Waals surface area contributed by atoms with E-state index < -0.39 is 21.4 Å². The van der Waals surface area contributed by atoms with Gasteiger partial charge in [0.15, 0.2) is 11.5 Å². The third-order valence-electron chi connectivity index (χ3n) is 6.55. The predicted molar refractivity (Wildman–Crippen MR) is 119 cm³/mol. The summed E-state index contributed by atoms with van der Waals surface area (Å²) in [6, 6.07) is 10.8. The molecular formula is C24H24F3NO4S. The van der Waals surface area contributed by atoms with Crippen molar-refractivity contribution in [2.75, 3.05) is 6.61 Å². The second-order valence-corrected chi connectivity index (χ2v) is 10.3. The lowest BCUT2D eigenvalue weighted by Gasteiger charge is -2.24. The molecule has 0 spiro atoms. The second-order valence-electron chi connectivity index (χ2n) is 8.73. The van der Waals surface area contributed by atoms with Crippen LogP contribution in [0.1, 0.15) is 49.1 Å². The van der Waals surface area contributed by atoms with Gasteiger partial charge in [-0.3, -0.25) is 0 Å². The van der Waals surface area contributed by atoms with Gasteiger partial charge in [-0.1, -0.05) is 37.5 Å². The minimum Gasteiger partial charge on any atom is -0.487 e. The number of para-hydroxylation sites is 1. The highest BCUT2D eigenvalue weighted by Crippen LogP contribution is 2.49. The minimum atomic E-state index is -5.82. The van der Waals surface area contributed by atoms with Crippen LogP contribution in [-0.2, 0) is 16.7 Å². The van der Waals surface area contributed by atoms with Crippen molar-refractivity contribution in [3.05, 3.63) is 47.5 Å². The summed E-state index contributed by atoms with van der Waals surface area (Å²) in [5.74, 6) is -0.107. The first kappa shape index (κ1) is 22.1. The normalized spacial score (nSPS) is 17.2. The van der Waals surface area contributed by atoms with Crippen LogP contribution in [0.3, 0.4) is 0 Å². The summed E-state index contributed by atoms with van der Waals surface area (Å²) in [6.45, 7) is 2.69. The molecule has 0 radical (unpaired) electrons. The Morgan fingerprint density at radius 3 is 2.58 bits per heavy atom. The van der Waals surface area contributed by atoms with Gasteiger partial charge in [-0.05, 0) is 55.0 Å². The van der Waals surface area contributed by atoms with E-state index in [4.69, 9.17) is 4.74 Å². The maximum atomic E-state index is 13.0. The van der Waals surface area contributed by atoms with Gasteiger partial charge in [0.05, 0.1) is 12.2 Å². The largest absolute Gasteiger partial charge is 0.534 e. The molecule has 5 rings (SSSR count). The van der Waals surface area contributed by atoms with Crippen LogP contribution in [0.5, 0.6) is 11.5 Å². The molecule has 33 heavy (non-hydrogen) atoms. The van der Waals surface area contributed by atoms with Crippen molar-refractivity contribution in [1.82, 2.24) is 4.57 Å². The first-order chi connectivity index (χ1) is 15.7. The molecule has 1 aliphatic carbocycles. The summed E-state index contributed by atoms with van der Waals surface area (Å²) < 4.78 is 74.9. The molecule has 1 saturated carbocycles. The molecule has 1 fully saturated rings. The predicted octanol–water partition coefficient (Wildman–Crippen LogP) is 6.29. The zero-order valence-corrected chi connectivity index (χ0v) is 18.9. The molecule has 0 atom stereocenters. The molecule has 1 aromatic heterocycles. The quantitative estimate of drug-likeness (QED) is 0.327. The minimum absolute atomic E-state index is 0.0284. The van der Waals surface area contributed by atoms with Crippen molar-refractivity contribution in [1.29, 1.82) is 0 Å². The number of aryl methyl sites for hydroxylation is 1. The number of fused-ring (bicyclic) bond motifs is 5. The van der Waals surface area contributed by atoms with Crippen molar-refractivity contribution in [3.63, 3.8) is 0 Å². The van der Waals surface area contributed by atoms with Gasteiger partial charge >= 0.3 is 15.6 Å². The standard InChI is InChI=1S/C24H24F3NO4S/c1-15-10-11-17-19(14-15)28-12-13-31-23-18(22(28)21(17)16-6-3-2-4-7-16)8-5-9-20(23)32-33(29,30)24(25,26)27/h5,8-11,14,16H,2-4,6-7,12-13H2,1H3. The highest BCUT2D eigenvalue weighted by molar-refractivity contribution is 7.88. The average molecular weight is 480 g/mol. The van der Waals surface area contributed by atoms with Crippen LogP contribution in [0.15, 0.2) is 36.4 Å². The summed E-state index contributed by atoms with van der Waals surface area (Å²) in [5, 5.41) is 1.13. The fourth-order valence-electron chi connectivity index (χ4n) is 5.13. The smallest absolute Gasteiger partial charge is 0.487 e. The maximum Gasteiger partial charge on any atom is 0.534 e. The molecule has 9 heteroatoms. The summed E-state index contributed by atoms with van der Waals surface area (Å²) in [7, 11) is -5.82. The van der Waals surface area contributed by atoms with Gasteiger partial charge in [-0.25, -0.2) is 0 Å². The van der Waals surface area contributed by atoms with Crippen LogP contribution >= 0.6 is 0 Å². The van der Waals surface area contributed by atoms with Crippen molar-refractivity contribution >= 4 is 21.0 Å². The fourth-order valence-corrected chi connectivity index (χ4v) is 5.60. The highest BCUT2D eigenvalue weighted by atomic mass is 32.2. The Morgan fingerprint density at radius 2 is 1.85 bits per heavy atom. The number of alkyl halides is 3. The van der Waals surface area contributed by atoms with E-state index in [0.717, 1.165) is 53.4 Å². The summed E-state index contributed by atoms with van der Waals surface area (Å²) in [6.07, 6.45) is 5.51. The van der Waals surface area contributed by atoms with E-state index in [0.29, 0.717) is 18.0 Å². The SMILES string of the molecule is Cc1ccc2c(C3CCCCC3)c3n(c2c1)CCOc1c(OS(=O)(=O)C(F)(F)F)cccc1-3. The Balaban J connectivity index is 1.75. The van der Waals surface area contributed by atoms with Crippen LogP contribution < -0.4 is 8.92 Å². The van der Waals surface area contributed by atoms with E-state index in [1.54, 1.807) is 6.07 Å². The number of aromatic nitrogens is 1. The third kappa shape index (κ3) is 3.76. The fraction of sp³-hybridized carbons (Fsp3) is 0.417. The molecule has 0 saturated heterocycles. The molecular weight excluding hydrogens is 455 g/mol. The van der Waals surface area contributed by atoms with Gasteiger partial charge in [-0.2, -0.15) is 21.6 Å². The highest BCUT2D eigenvalue weighted by Gasteiger charge is 2.49. The number of rotatable bonds is 3. The molecule has 1 aliphatic heterocycles. The number of ether oxygens (including phenoxy) is 1. The van der Waals surface area contributed by atoms with Crippen LogP contribution in [0.25, 0.3) is 22.2 Å². The van der Waals surface area contributed by atoms with E-state index in [-0.39, 0.29) is 12.4 Å².